The fraction of sp³-hybridized carbons (Fsp3) is 0.280. The summed E-state index contributed by atoms with van der Waals surface area (Å²) in [6, 6.07) is 10.8. The summed E-state index contributed by atoms with van der Waals surface area (Å²) in [6.07, 6.45) is 7.14. The molecule has 1 aliphatic carbocycles. The molecule has 3 heterocycles. The van der Waals surface area contributed by atoms with E-state index in [2.05, 4.69) is 20.4 Å². The first-order valence-corrected chi connectivity index (χ1v) is 12.3. The summed E-state index contributed by atoms with van der Waals surface area (Å²) >= 11 is 12.5. The number of fused-ring (bicyclic) bond motifs is 1. The van der Waals surface area contributed by atoms with Gasteiger partial charge in [-0.15, -0.1) is 0 Å². The molecule has 1 amide bonds. The van der Waals surface area contributed by atoms with Gasteiger partial charge in [0, 0.05) is 42.0 Å². The van der Waals surface area contributed by atoms with Gasteiger partial charge in [0.25, 0.3) is 0 Å². The van der Waals surface area contributed by atoms with Gasteiger partial charge in [0.15, 0.2) is 0 Å². The minimum Gasteiger partial charge on any atom is -0.383 e. The van der Waals surface area contributed by atoms with Crippen LogP contribution in [0.4, 0.5) is 11.6 Å². The third kappa shape index (κ3) is 6.70. The molecule has 36 heavy (non-hydrogen) atoms. The van der Waals surface area contributed by atoms with Gasteiger partial charge < -0.3 is 21.5 Å². The monoisotopic (exact) mass is 527 g/mol. The van der Waals surface area contributed by atoms with E-state index in [-0.39, 0.29) is 11.8 Å². The maximum absolute atomic E-state index is 11.9. The van der Waals surface area contributed by atoms with Gasteiger partial charge in [0.2, 0.25) is 5.91 Å². The molecular weight excluding hydrogens is 501 g/mol. The van der Waals surface area contributed by atoms with Crippen molar-refractivity contribution in [1.82, 2.24) is 19.7 Å². The van der Waals surface area contributed by atoms with Crippen LogP contribution in [0.1, 0.15) is 12.8 Å². The lowest BCUT2D eigenvalue weighted by Crippen LogP contribution is -2.14. The van der Waals surface area contributed by atoms with Crippen LogP contribution < -0.4 is 16.8 Å². The van der Waals surface area contributed by atoms with Gasteiger partial charge in [-0.3, -0.25) is 9.48 Å². The van der Waals surface area contributed by atoms with Crippen LogP contribution in [0.2, 0.25) is 10.0 Å². The number of nitrogens with one attached hydrogen (secondary N) is 1. The van der Waals surface area contributed by atoms with Crippen molar-refractivity contribution in [3.05, 3.63) is 65.0 Å². The van der Waals surface area contributed by atoms with Crippen molar-refractivity contribution in [2.45, 2.75) is 19.4 Å². The SMILES string of the molecule is NCCOCCn1cccn1.Nc1nc(-c2c(Cl)cccc2Cl)cc2cc(NC(=O)C3CC3)ncc12. The van der Waals surface area contributed by atoms with Gasteiger partial charge >= 0.3 is 0 Å². The number of pyridine rings is 2. The zero-order valence-corrected chi connectivity index (χ0v) is 21.0. The molecule has 188 valence electrons. The van der Waals surface area contributed by atoms with Crippen LogP contribution in [0.25, 0.3) is 22.0 Å². The van der Waals surface area contributed by atoms with Crippen LogP contribution in [0, 0.1) is 5.92 Å². The third-order valence-electron chi connectivity index (χ3n) is 5.45. The smallest absolute Gasteiger partial charge is 0.228 e. The fourth-order valence-corrected chi connectivity index (χ4v) is 4.05. The molecule has 0 atom stereocenters. The molecule has 1 saturated carbocycles. The number of carbonyl (C=O) groups is 1. The Morgan fingerprint density at radius 1 is 1.17 bits per heavy atom. The largest absolute Gasteiger partial charge is 0.383 e. The first-order valence-electron chi connectivity index (χ1n) is 11.5. The van der Waals surface area contributed by atoms with Crippen LogP contribution in [0.5, 0.6) is 0 Å². The van der Waals surface area contributed by atoms with Crippen molar-refractivity contribution in [3.8, 4) is 11.3 Å². The summed E-state index contributed by atoms with van der Waals surface area (Å²) in [5.41, 5.74) is 12.5. The lowest BCUT2D eigenvalue weighted by molar-refractivity contribution is -0.117. The quantitative estimate of drug-likeness (QED) is 0.289. The number of nitrogen functional groups attached to an aromatic ring is 1. The Morgan fingerprint density at radius 2 is 1.94 bits per heavy atom. The summed E-state index contributed by atoms with van der Waals surface area (Å²) in [5.74, 6) is 0.933. The van der Waals surface area contributed by atoms with E-state index >= 15 is 0 Å². The highest BCUT2D eigenvalue weighted by molar-refractivity contribution is 6.39. The molecule has 0 aliphatic heterocycles. The molecule has 1 aromatic carbocycles. The fourth-order valence-electron chi connectivity index (χ4n) is 3.46. The molecule has 5 rings (SSSR count). The molecular formula is C25H27Cl2N7O2. The Morgan fingerprint density at radius 3 is 2.61 bits per heavy atom. The molecule has 1 fully saturated rings. The maximum Gasteiger partial charge on any atom is 0.228 e. The molecule has 11 heteroatoms. The highest BCUT2D eigenvalue weighted by Crippen LogP contribution is 2.36. The van der Waals surface area contributed by atoms with Crippen LogP contribution in [-0.2, 0) is 16.1 Å². The maximum atomic E-state index is 11.9. The number of ether oxygens (including phenoxy) is 1. The van der Waals surface area contributed by atoms with E-state index in [1.807, 2.05) is 23.0 Å². The number of nitrogens with zero attached hydrogens (tertiary/aromatic N) is 4. The molecule has 5 N–H and O–H groups in total. The molecule has 4 aromatic rings. The van der Waals surface area contributed by atoms with Gasteiger partial charge in [-0.1, -0.05) is 29.3 Å². The zero-order chi connectivity index (χ0) is 25.5. The number of amides is 1. The molecule has 1 aliphatic rings. The summed E-state index contributed by atoms with van der Waals surface area (Å²) in [6.45, 7) is 2.69. The summed E-state index contributed by atoms with van der Waals surface area (Å²) in [7, 11) is 0. The molecule has 0 spiro atoms. The topological polar surface area (TPSA) is 134 Å². The minimum atomic E-state index is 0.00301. The number of halogens is 2. The van der Waals surface area contributed by atoms with Crippen LogP contribution >= 0.6 is 23.2 Å². The number of benzene rings is 1. The van der Waals surface area contributed by atoms with Gasteiger partial charge in [-0.05, 0) is 48.6 Å². The summed E-state index contributed by atoms with van der Waals surface area (Å²) in [4.78, 5) is 20.6. The van der Waals surface area contributed by atoms with Crippen LogP contribution in [0.3, 0.4) is 0 Å². The van der Waals surface area contributed by atoms with E-state index < -0.39 is 0 Å². The Labute approximate surface area is 218 Å². The zero-order valence-electron chi connectivity index (χ0n) is 19.5. The molecule has 3 aromatic heterocycles. The average molecular weight is 528 g/mol. The Hall–Kier alpha value is -3.24. The Bertz CT molecular complexity index is 1310. The first kappa shape index (κ1) is 25.8. The predicted octanol–water partition coefficient (Wildman–Crippen LogP) is 4.39. The summed E-state index contributed by atoms with van der Waals surface area (Å²) in [5, 5.41) is 9.35. The van der Waals surface area contributed by atoms with Crippen LogP contribution in [0.15, 0.2) is 55.0 Å². The number of rotatable bonds is 8. The number of anilines is 2. The number of nitrogens with two attached hydrogens (primary N) is 2. The van der Waals surface area contributed by atoms with Gasteiger partial charge in [-0.2, -0.15) is 5.10 Å². The van der Waals surface area contributed by atoms with E-state index in [4.69, 9.17) is 39.4 Å². The Kier molecular flexibility index (Phi) is 8.71. The predicted molar refractivity (Wildman–Crippen MR) is 143 cm³/mol. The lowest BCUT2D eigenvalue weighted by atomic mass is 10.1. The van der Waals surface area contributed by atoms with Crippen molar-refractivity contribution in [2.75, 3.05) is 30.8 Å². The van der Waals surface area contributed by atoms with Crippen molar-refractivity contribution in [2.24, 2.45) is 11.7 Å². The second kappa shape index (κ2) is 12.1. The molecule has 0 unspecified atom stereocenters. The Balaban J connectivity index is 0.000000233. The number of hydrogen-bond acceptors (Lipinski definition) is 7. The third-order valence-corrected chi connectivity index (χ3v) is 6.08. The summed E-state index contributed by atoms with van der Waals surface area (Å²) < 4.78 is 7.00. The normalized spacial score (nSPS) is 12.8. The minimum absolute atomic E-state index is 0.00301. The molecule has 0 radical (unpaired) electrons. The highest BCUT2D eigenvalue weighted by Gasteiger charge is 2.29. The molecule has 9 nitrogen and oxygen atoms in total. The van der Waals surface area contributed by atoms with E-state index in [1.54, 1.807) is 36.7 Å². The van der Waals surface area contributed by atoms with E-state index in [0.29, 0.717) is 58.1 Å². The second-order valence-corrected chi connectivity index (χ2v) is 9.03. The van der Waals surface area contributed by atoms with Crippen molar-refractivity contribution in [1.29, 1.82) is 0 Å². The standard InChI is InChI=1S/C18H14Cl2N4O.C7H13N3O/c19-12-2-1-3-13(20)16(12)14-6-10-7-15(24-18(25)9-4-5-9)22-8-11(10)17(21)23-14;8-2-6-11-7-5-10-4-1-3-9-10/h1-3,6-9H,4-5H2,(H2,21,23)(H,22,24,25);1,3-4H,2,5-8H2. The van der Waals surface area contributed by atoms with Gasteiger partial charge in [-0.25, -0.2) is 9.97 Å². The second-order valence-electron chi connectivity index (χ2n) is 8.21. The van der Waals surface area contributed by atoms with Crippen LogP contribution in [-0.4, -0.2) is 45.4 Å². The van der Waals surface area contributed by atoms with Gasteiger partial charge in [0.05, 0.1) is 35.5 Å². The van der Waals surface area contributed by atoms with Gasteiger partial charge in [0.1, 0.15) is 11.6 Å². The number of aromatic nitrogens is 4. The molecule has 0 saturated heterocycles. The number of hydrogen-bond donors (Lipinski definition) is 3. The van der Waals surface area contributed by atoms with Crippen molar-refractivity contribution >= 4 is 51.5 Å². The first-order chi connectivity index (χ1) is 17.5. The van der Waals surface area contributed by atoms with Crippen molar-refractivity contribution in [3.63, 3.8) is 0 Å². The lowest BCUT2D eigenvalue weighted by Gasteiger charge is -2.10. The average Bonchev–Trinajstić information content (AvgIpc) is 3.58. The van der Waals surface area contributed by atoms with E-state index in [0.717, 1.165) is 24.8 Å². The van der Waals surface area contributed by atoms with E-state index in [9.17, 15) is 4.79 Å². The number of carbonyl (C=O) groups excluding carboxylic acids is 1. The van der Waals surface area contributed by atoms with E-state index in [1.165, 1.54) is 0 Å². The van der Waals surface area contributed by atoms with Crippen molar-refractivity contribution < 1.29 is 9.53 Å². The highest BCUT2D eigenvalue weighted by atomic mass is 35.5. The molecule has 0 bridgehead atoms.